The van der Waals surface area contributed by atoms with Gasteiger partial charge in [0.1, 0.15) is 5.75 Å². The highest BCUT2D eigenvalue weighted by molar-refractivity contribution is 5.37. The summed E-state index contributed by atoms with van der Waals surface area (Å²) in [5.74, 6) is 4.96. The Morgan fingerprint density at radius 1 is 1.31 bits per heavy atom. The quantitative estimate of drug-likeness (QED) is 0.813. The third-order valence-corrected chi connectivity index (χ3v) is 2.11. The number of hydrogen-bond donors (Lipinski definition) is 1. The fourth-order valence-electron chi connectivity index (χ4n) is 1.33. The van der Waals surface area contributed by atoms with Gasteiger partial charge in [0.25, 0.3) is 0 Å². The Hall–Kier alpha value is -1.27. The van der Waals surface area contributed by atoms with Crippen LogP contribution in [0.2, 0.25) is 0 Å². The molecule has 90 valence electrons. The normalized spacial score (nSPS) is 11.6. The van der Waals surface area contributed by atoms with E-state index in [0.717, 1.165) is 6.07 Å². The summed E-state index contributed by atoms with van der Waals surface area (Å²) in [5.41, 5.74) is -0.581. The van der Waals surface area contributed by atoms with Crippen LogP contribution in [0.5, 0.6) is 5.75 Å². The molecule has 0 amide bonds. The summed E-state index contributed by atoms with van der Waals surface area (Å²) in [5, 5.41) is 0. The van der Waals surface area contributed by atoms with Crippen molar-refractivity contribution in [2.24, 2.45) is 5.90 Å². The summed E-state index contributed by atoms with van der Waals surface area (Å²) >= 11 is 0. The highest BCUT2D eigenvalue weighted by Gasteiger charge is 2.33. The Labute approximate surface area is 90.9 Å². The van der Waals surface area contributed by atoms with Crippen LogP contribution in [0.4, 0.5) is 13.2 Å². The number of rotatable bonds is 4. The summed E-state index contributed by atoms with van der Waals surface area (Å²) in [6.07, 6.45) is -4.30. The van der Waals surface area contributed by atoms with E-state index < -0.39 is 11.7 Å². The average Bonchev–Trinajstić information content (AvgIpc) is 2.25. The zero-order valence-corrected chi connectivity index (χ0v) is 8.67. The second-order valence-corrected chi connectivity index (χ2v) is 3.14. The van der Waals surface area contributed by atoms with Gasteiger partial charge in [-0.25, -0.2) is 5.90 Å². The highest BCUT2D eigenvalue weighted by Crippen LogP contribution is 2.34. The highest BCUT2D eigenvalue weighted by atomic mass is 19.4. The van der Waals surface area contributed by atoms with Crippen LogP contribution < -0.4 is 10.6 Å². The van der Waals surface area contributed by atoms with E-state index in [9.17, 15) is 13.2 Å². The lowest BCUT2D eigenvalue weighted by Gasteiger charge is -2.13. The number of ether oxygens (including phenoxy) is 1. The number of nitrogens with two attached hydrogens (primary N) is 1. The molecule has 0 aromatic heterocycles. The SMILES string of the molecule is COc1ccc(CCON)c(C(F)(F)F)c1. The summed E-state index contributed by atoms with van der Waals surface area (Å²) in [7, 11) is 1.32. The number of methoxy groups -OCH3 is 1. The number of benzene rings is 1. The van der Waals surface area contributed by atoms with Crippen LogP contribution in [0.25, 0.3) is 0 Å². The molecule has 16 heavy (non-hydrogen) atoms. The van der Waals surface area contributed by atoms with Crippen molar-refractivity contribution in [3.63, 3.8) is 0 Å². The van der Waals surface area contributed by atoms with Gasteiger partial charge in [0.2, 0.25) is 0 Å². The van der Waals surface area contributed by atoms with Crippen molar-refractivity contribution in [1.29, 1.82) is 0 Å². The first-order valence-corrected chi connectivity index (χ1v) is 4.55. The maximum atomic E-state index is 12.7. The largest absolute Gasteiger partial charge is 0.497 e. The average molecular weight is 235 g/mol. The molecule has 1 aromatic rings. The van der Waals surface area contributed by atoms with Gasteiger partial charge in [0.05, 0.1) is 19.3 Å². The number of halogens is 3. The fourth-order valence-corrected chi connectivity index (χ4v) is 1.33. The molecule has 1 rings (SSSR count). The van der Waals surface area contributed by atoms with Gasteiger partial charge in [-0.2, -0.15) is 13.2 Å². The maximum absolute atomic E-state index is 12.7. The van der Waals surface area contributed by atoms with Crippen LogP contribution in [-0.4, -0.2) is 13.7 Å². The van der Waals surface area contributed by atoms with E-state index in [1.54, 1.807) is 0 Å². The number of alkyl halides is 3. The third kappa shape index (κ3) is 3.11. The maximum Gasteiger partial charge on any atom is 0.416 e. The van der Waals surface area contributed by atoms with Crippen LogP contribution in [0, 0.1) is 0 Å². The lowest BCUT2D eigenvalue weighted by molar-refractivity contribution is -0.138. The second kappa shape index (κ2) is 5.18. The molecule has 0 aliphatic heterocycles. The Balaban J connectivity index is 3.06. The van der Waals surface area contributed by atoms with E-state index in [-0.39, 0.29) is 24.3 Å². The van der Waals surface area contributed by atoms with Crippen LogP contribution in [-0.2, 0) is 17.4 Å². The minimum Gasteiger partial charge on any atom is -0.497 e. The lowest BCUT2D eigenvalue weighted by atomic mass is 10.0. The second-order valence-electron chi connectivity index (χ2n) is 3.14. The Kier molecular flexibility index (Phi) is 4.14. The molecule has 0 aliphatic carbocycles. The van der Waals surface area contributed by atoms with Crippen LogP contribution in [0.15, 0.2) is 18.2 Å². The van der Waals surface area contributed by atoms with Crippen LogP contribution in [0.1, 0.15) is 11.1 Å². The Morgan fingerprint density at radius 3 is 2.50 bits per heavy atom. The molecule has 0 radical (unpaired) electrons. The fraction of sp³-hybridized carbons (Fsp3) is 0.400. The van der Waals surface area contributed by atoms with Crippen LogP contribution in [0.3, 0.4) is 0 Å². The zero-order chi connectivity index (χ0) is 12.2. The predicted molar refractivity (Wildman–Crippen MR) is 51.8 cm³/mol. The molecular weight excluding hydrogens is 223 g/mol. The van der Waals surface area contributed by atoms with Crippen molar-refractivity contribution in [2.75, 3.05) is 13.7 Å². The van der Waals surface area contributed by atoms with Crippen molar-refractivity contribution >= 4 is 0 Å². The monoisotopic (exact) mass is 235 g/mol. The van der Waals surface area contributed by atoms with Gasteiger partial charge in [-0.05, 0) is 24.1 Å². The molecule has 0 saturated heterocycles. The minimum atomic E-state index is -4.40. The smallest absolute Gasteiger partial charge is 0.416 e. The van der Waals surface area contributed by atoms with Gasteiger partial charge >= 0.3 is 6.18 Å². The molecule has 0 spiro atoms. The Morgan fingerprint density at radius 2 is 2.00 bits per heavy atom. The summed E-state index contributed by atoms with van der Waals surface area (Å²) in [4.78, 5) is 4.27. The van der Waals surface area contributed by atoms with Crippen molar-refractivity contribution < 1.29 is 22.7 Å². The first-order chi connectivity index (χ1) is 7.49. The van der Waals surface area contributed by atoms with Crippen molar-refractivity contribution in [2.45, 2.75) is 12.6 Å². The summed E-state index contributed by atoms with van der Waals surface area (Å²) in [6, 6.07) is 3.80. The van der Waals surface area contributed by atoms with Gasteiger partial charge in [-0.1, -0.05) is 6.07 Å². The van der Waals surface area contributed by atoms with E-state index in [1.807, 2.05) is 0 Å². The van der Waals surface area contributed by atoms with Crippen LogP contribution >= 0.6 is 0 Å². The molecule has 6 heteroatoms. The molecule has 3 nitrogen and oxygen atoms in total. The van der Waals surface area contributed by atoms with Gasteiger partial charge in [0, 0.05) is 0 Å². The minimum absolute atomic E-state index is 0.0371. The molecule has 2 N–H and O–H groups in total. The Bertz CT molecular complexity index is 352. The van der Waals surface area contributed by atoms with Gasteiger partial charge in [-0.15, -0.1) is 0 Å². The lowest BCUT2D eigenvalue weighted by Crippen LogP contribution is -2.12. The number of hydrogen-bond acceptors (Lipinski definition) is 3. The van der Waals surface area contributed by atoms with E-state index >= 15 is 0 Å². The molecule has 0 unspecified atom stereocenters. The van der Waals surface area contributed by atoms with Gasteiger partial charge in [0.15, 0.2) is 0 Å². The first kappa shape index (κ1) is 12.8. The van der Waals surface area contributed by atoms with Crippen molar-refractivity contribution in [1.82, 2.24) is 0 Å². The topological polar surface area (TPSA) is 44.5 Å². The molecule has 0 fully saturated rings. The first-order valence-electron chi connectivity index (χ1n) is 4.55. The van der Waals surface area contributed by atoms with E-state index in [2.05, 4.69) is 4.84 Å². The van der Waals surface area contributed by atoms with E-state index in [1.165, 1.54) is 19.2 Å². The molecule has 0 atom stereocenters. The van der Waals surface area contributed by atoms with E-state index in [4.69, 9.17) is 10.6 Å². The standard InChI is InChI=1S/C10H12F3NO2/c1-15-8-3-2-7(4-5-16-14)9(6-8)10(11,12)13/h2-3,6H,4-5,14H2,1H3. The van der Waals surface area contributed by atoms with Gasteiger partial charge < -0.3 is 9.57 Å². The molecule has 0 saturated carbocycles. The van der Waals surface area contributed by atoms with Crippen molar-refractivity contribution in [3.8, 4) is 5.75 Å². The third-order valence-electron chi connectivity index (χ3n) is 2.11. The summed E-state index contributed by atoms with van der Waals surface area (Å²) in [6.45, 7) is 0.0371. The molecule has 0 heterocycles. The molecular formula is C10H12F3NO2. The molecule has 0 aliphatic rings. The summed E-state index contributed by atoms with van der Waals surface area (Å²) < 4.78 is 42.7. The zero-order valence-electron chi connectivity index (χ0n) is 8.67. The molecule has 0 bridgehead atoms. The molecule has 1 aromatic carbocycles. The van der Waals surface area contributed by atoms with Gasteiger partial charge in [-0.3, -0.25) is 0 Å². The predicted octanol–water partition coefficient (Wildman–Crippen LogP) is 2.15. The van der Waals surface area contributed by atoms with E-state index in [0.29, 0.717) is 0 Å². The van der Waals surface area contributed by atoms with Crippen molar-refractivity contribution in [3.05, 3.63) is 29.3 Å².